The van der Waals surface area contributed by atoms with Gasteiger partial charge in [0.2, 0.25) is 0 Å². The molecule has 2 atom stereocenters. The molecule has 0 aromatic heterocycles. The van der Waals surface area contributed by atoms with Gasteiger partial charge in [0.1, 0.15) is 0 Å². The highest BCUT2D eigenvalue weighted by Gasteiger charge is 2.53. The molecule has 3 heteroatoms. The zero-order valence-corrected chi connectivity index (χ0v) is 9.62. The third-order valence-corrected chi connectivity index (χ3v) is 4.25. The van der Waals surface area contributed by atoms with E-state index in [1.165, 1.54) is 25.7 Å². The van der Waals surface area contributed by atoms with E-state index < -0.39 is 5.97 Å². The third-order valence-electron chi connectivity index (χ3n) is 4.25. The minimum absolute atomic E-state index is 0.0822. The minimum atomic E-state index is -0.703. The highest BCUT2D eigenvalue weighted by Crippen LogP contribution is 2.60. The van der Waals surface area contributed by atoms with Gasteiger partial charge in [-0.15, -0.1) is 0 Å². The molecule has 0 aromatic rings. The average Bonchev–Trinajstić information content (AvgIpc) is 3.01. The maximum absolute atomic E-state index is 10.8. The quantitative estimate of drug-likeness (QED) is 0.705. The van der Waals surface area contributed by atoms with Gasteiger partial charge in [-0.3, -0.25) is 4.79 Å². The number of rotatable bonds is 6. The smallest absolute Gasteiger partial charge is 0.307 e. The van der Waals surface area contributed by atoms with Crippen LogP contribution in [0.3, 0.4) is 0 Å². The van der Waals surface area contributed by atoms with Crippen molar-refractivity contribution in [1.82, 2.24) is 5.32 Å². The zero-order valence-electron chi connectivity index (χ0n) is 9.62. The number of carboxylic acid groups (broad SMARTS) is 1. The van der Waals surface area contributed by atoms with Gasteiger partial charge < -0.3 is 10.4 Å². The molecule has 2 unspecified atom stereocenters. The van der Waals surface area contributed by atoms with Crippen LogP contribution in [0.2, 0.25) is 0 Å². The highest BCUT2D eigenvalue weighted by molar-refractivity contribution is 5.70. The lowest BCUT2D eigenvalue weighted by atomic mass is 9.98. The maximum atomic E-state index is 10.8. The number of hydrogen-bond acceptors (Lipinski definition) is 2. The van der Waals surface area contributed by atoms with E-state index in [0.29, 0.717) is 5.41 Å². The molecule has 0 saturated heterocycles. The van der Waals surface area contributed by atoms with Crippen LogP contribution in [-0.2, 0) is 4.79 Å². The standard InChI is InChI=1S/C12H21NO2/c1-8(11(14)15)9(2)13-7-12(5-6-12)10-3-4-10/h8-10,13H,3-7H2,1-2H3,(H,14,15). The van der Waals surface area contributed by atoms with Gasteiger partial charge in [-0.2, -0.15) is 0 Å². The second-order valence-corrected chi connectivity index (χ2v) is 5.43. The number of aliphatic carboxylic acids is 1. The molecule has 0 spiro atoms. The lowest BCUT2D eigenvalue weighted by Gasteiger charge is -2.22. The Balaban J connectivity index is 1.75. The number of hydrogen-bond donors (Lipinski definition) is 2. The fraction of sp³-hybridized carbons (Fsp3) is 0.917. The van der Waals surface area contributed by atoms with E-state index in [2.05, 4.69) is 5.32 Å². The predicted molar refractivity (Wildman–Crippen MR) is 58.7 cm³/mol. The van der Waals surface area contributed by atoms with E-state index in [-0.39, 0.29) is 12.0 Å². The van der Waals surface area contributed by atoms with Gasteiger partial charge in [0.25, 0.3) is 0 Å². The number of carboxylic acids is 1. The van der Waals surface area contributed by atoms with Crippen LogP contribution in [0, 0.1) is 17.3 Å². The average molecular weight is 211 g/mol. The van der Waals surface area contributed by atoms with Crippen LogP contribution in [0.4, 0.5) is 0 Å². The van der Waals surface area contributed by atoms with Gasteiger partial charge in [0, 0.05) is 12.6 Å². The van der Waals surface area contributed by atoms with Crippen molar-refractivity contribution in [2.75, 3.05) is 6.54 Å². The Labute approximate surface area is 91.2 Å². The van der Waals surface area contributed by atoms with E-state index in [1.807, 2.05) is 6.92 Å². The van der Waals surface area contributed by atoms with Gasteiger partial charge in [-0.05, 0) is 43.9 Å². The van der Waals surface area contributed by atoms with Gasteiger partial charge in [-0.1, -0.05) is 6.92 Å². The summed E-state index contributed by atoms with van der Waals surface area (Å²) >= 11 is 0. The maximum Gasteiger partial charge on any atom is 0.307 e. The van der Waals surface area contributed by atoms with E-state index in [4.69, 9.17) is 5.11 Å². The van der Waals surface area contributed by atoms with Crippen molar-refractivity contribution in [3.8, 4) is 0 Å². The normalized spacial score (nSPS) is 27.1. The summed E-state index contributed by atoms with van der Waals surface area (Å²) in [7, 11) is 0. The molecule has 0 amide bonds. The Morgan fingerprint density at radius 1 is 1.47 bits per heavy atom. The predicted octanol–water partition coefficient (Wildman–Crippen LogP) is 1.88. The van der Waals surface area contributed by atoms with E-state index in [9.17, 15) is 4.79 Å². The molecule has 0 aliphatic heterocycles. The van der Waals surface area contributed by atoms with E-state index in [1.54, 1.807) is 6.92 Å². The third kappa shape index (κ3) is 2.33. The summed E-state index contributed by atoms with van der Waals surface area (Å²) in [5.41, 5.74) is 0.562. The van der Waals surface area contributed by atoms with Crippen LogP contribution in [0.25, 0.3) is 0 Å². The second kappa shape index (κ2) is 3.78. The van der Waals surface area contributed by atoms with E-state index in [0.717, 1.165) is 12.5 Å². The first-order valence-electron chi connectivity index (χ1n) is 6.01. The number of carbonyl (C=O) groups is 1. The molecule has 2 fully saturated rings. The van der Waals surface area contributed by atoms with Crippen molar-refractivity contribution in [2.45, 2.75) is 45.6 Å². The second-order valence-electron chi connectivity index (χ2n) is 5.43. The Kier molecular flexibility index (Phi) is 2.75. The molecule has 2 aliphatic carbocycles. The molecule has 2 N–H and O–H groups in total. The summed E-state index contributed by atoms with van der Waals surface area (Å²) in [5.74, 6) is -0.0522. The summed E-state index contributed by atoms with van der Waals surface area (Å²) in [5, 5.41) is 12.3. The molecular formula is C12H21NO2. The monoisotopic (exact) mass is 211 g/mol. The first kappa shape index (κ1) is 10.9. The van der Waals surface area contributed by atoms with Crippen LogP contribution in [-0.4, -0.2) is 23.7 Å². The van der Waals surface area contributed by atoms with Crippen molar-refractivity contribution < 1.29 is 9.90 Å². The molecule has 2 saturated carbocycles. The van der Waals surface area contributed by atoms with Crippen LogP contribution in [0.1, 0.15) is 39.5 Å². The zero-order chi connectivity index (χ0) is 11.1. The van der Waals surface area contributed by atoms with Crippen LogP contribution < -0.4 is 5.32 Å². The van der Waals surface area contributed by atoms with Gasteiger partial charge in [0.05, 0.1) is 5.92 Å². The van der Waals surface area contributed by atoms with Crippen LogP contribution in [0.15, 0.2) is 0 Å². The largest absolute Gasteiger partial charge is 0.481 e. The van der Waals surface area contributed by atoms with E-state index >= 15 is 0 Å². The summed E-state index contributed by atoms with van der Waals surface area (Å²) < 4.78 is 0. The Hall–Kier alpha value is -0.570. The Bertz CT molecular complexity index is 256. The summed E-state index contributed by atoms with van der Waals surface area (Å²) in [6, 6.07) is 0.0822. The van der Waals surface area contributed by atoms with Crippen LogP contribution >= 0.6 is 0 Å². The summed E-state index contributed by atoms with van der Waals surface area (Å²) in [4.78, 5) is 10.8. The van der Waals surface area contributed by atoms with Crippen molar-refractivity contribution >= 4 is 5.97 Å². The molecular weight excluding hydrogens is 190 g/mol. The Morgan fingerprint density at radius 3 is 2.47 bits per heavy atom. The fourth-order valence-electron chi connectivity index (χ4n) is 2.34. The molecule has 0 radical (unpaired) electrons. The van der Waals surface area contributed by atoms with Crippen molar-refractivity contribution in [3.05, 3.63) is 0 Å². The lowest BCUT2D eigenvalue weighted by molar-refractivity contribution is -0.141. The van der Waals surface area contributed by atoms with Crippen LogP contribution in [0.5, 0.6) is 0 Å². The van der Waals surface area contributed by atoms with Crippen molar-refractivity contribution in [3.63, 3.8) is 0 Å². The van der Waals surface area contributed by atoms with Crippen molar-refractivity contribution in [2.24, 2.45) is 17.3 Å². The highest BCUT2D eigenvalue weighted by atomic mass is 16.4. The molecule has 2 aliphatic rings. The first-order chi connectivity index (χ1) is 7.05. The topological polar surface area (TPSA) is 49.3 Å². The molecule has 0 heterocycles. The summed E-state index contributed by atoms with van der Waals surface area (Å²) in [6.45, 7) is 4.77. The van der Waals surface area contributed by atoms with Gasteiger partial charge >= 0.3 is 5.97 Å². The van der Waals surface area contributed by atoms with Crippen molar-refractivity contribution in [1.29, 1.82) is 0 Å². The SMILES string of the molecule is CC(NCC1(C2CC2)CC1)C(C)C(=O)O. The molecule has 15 heavy (non-hydrogen) atoms. The molecule has 2 rings (SSSR count). The van der Waals surface area contributed by atoms with Gasteiger partial charge in [-0.25, -0.2) is 0 Å². The minimum Gasteiger partial charge on any atom is -0.481 e. The molecule has 3 nitrogen and oxygen atoms in total. The first-order valence-corrected chi connectivity index (χ1v) is 6.01. The Morgan fingerprint density at radius 2 is 2.07 bits per heavy atom. The molecule has 86 valence electrons. The lowest BCUT2D eigenvalue weighted by Crippen LogP contribution is -2.39. The summed E-state index contributed by atoms with van der Waals surface area (Å²) in [6.07, 6.45) is 5.48. The van der Waals surface area contributed by atoms with Gasteiger partial charge in [0.15, 0.2) is 0 Å². The molecule has 0 bridgehead atoms. The number of nitrogens with one attached hydrogen (secondary N) is 1. The fourth-order valence-corrected chi connectivity index (χ4v) is 2.34. The molecule has 0 aromatic carbocycles.